The predicted molar refractivity (Wildman–Crippen MR) is 70.2 cm³/mol. The van der Waals surface area contributed by atoms with Gasteiger partial charge in [-0.25, -0.2) is 4.39 Å². The summed E-state index contributed by atoms with van der Waals surface area (Å²) in [5.74, 6) is 0.0496. The van der Waals surface area contributed by atoms with Crippen LogP contribution in [0.1, 0.15) is 25.8 Å². The first-order chi connectivity index (χ1) is 9.04. The fourth-order valence-corrected chi connectivity index (χ4v) is 3.50. The van der Waals surface area contributed by atoms with E-state index in [0.29, 0.717) is 18.1 Å². The molecule has 0 amide bonds. The number of nitrogens with zero attached hydrogens (tertiary/aromatic N) is 1. The monoisotopic (exact) mass is 260 g/mol. The first-order valence-corrected chi connectivity index (χ1v) is 6.62. The Hall–Kier alpha value is -1.60. The molecule has 0 spiro atoms. The zero-order valence-electron chi connectivity index (χ0n) is 11.1. The number of anilines is 1. The first-order valence-electron chi connectivity index (χ1n) is 6.62. The van der Waals surface area contributed by atoms with E-state index >= 15 is 0 Å². The van der Waals surface area contributed by atoms with Crippen LogP contribution in [0.2, 0.25) is 0 Å². The zero-order valence-corrected chi connectivity index (χ0v) is 11.1. The SMILES string of the molecule is CC1(C)C(Nc2ccc(F)c(C#N)c2)C2CCOC21. The van der Waals surface area contributed by atoms with Crippen molar-refractivity contribution in [3.63, 3.8) is 0 Å². The van der Waals surface area contributed by atoms with Crippen molar-refractivity contribution in [3.05, 3.63) is 29.6 Å². The van der Waals surface area contributed by atoms with Crippen LogP contribution in [-0.2, 0) is 4.74 Å². The Morgan fingerprint density at radius 1 is 1.47 bits per heavy atom. The molecular weight excluding hydrogens is 243 g/mol. The predicted octanol–water partition coefficient (Wildman–Crippen LogP) is 2.92. The number of halogens is 1. The van der Waals surface area contributed by atoms with Crippen molar-refractivity contribution in [2.45, 2.75) is 32.4 Å². The van der Waals surface area contributed by atoms with Gasteiger partial charge < -0.3 is 10.1 Å². The smallest absolute Gasteiger partial charge is 0.141 e. The largest absolute Gasteiger partial charge is 0.381 e. The van der Waals surface area contributed by atoms with E-state index in [-0.39, 0.29) is 11.0 Å². The lowest BCUT2D eigenvalue weighted by Gasteiger charge is -2.55. The molecule has 0 bridgehead atoms. The van der Waals surface area contributed by atoms with Crippen molar-refractivity contribution in [1.29, 1.82) is 5.26 Å². The van der Waals surface area contributed by atoms with Gasteiger partial charge in [0.1, 0.15) is 11.9 Å². The highest BCUT2D eigenvalue weighted by Crippen LogP contribution is 2.53. The summed E-state index contributed by atoms with van der Waals surface area (Å²) >= 11 is 0. The number of ether oxygens (including phenoxy) is 1. The topological polar surface area (TPSA) is 45.0 Å². The first kappa shape index (κ1) is 12.4. The van der Waals surface area contributed by atoms with Crippen LogP contribution in [0, 0.1) is 28.5 Å². The third-order valence-electron chi connectivity index (χ3n) is 4.51. The highest BCUT2D eigenvalue weighted by molar-refractivity contribution is 5.51. The molecule has 3 atom stereocenters. The van der Waals surface area contributed by atoms with Crippen molar-refractivity contribution in [3.8, 4) is 6.07 Å². The summed E-state index contributed by atoms with van der Waals surface area (Å²) in [4.78, 5) is 0. The van der Waals surface area contributed by atoms with E-state index in [9.17, 15) is 4.39 Å². The Kier molecular flexibility index (Phi) is 2.75. The summed E-state index contributed by atoms with van der Waals surface area (Å²) in [7, 11) is 0. The van der Waals surface area contributed by atoms with Crippen LogP contribution in [0.25, 0.3) is 0 Å². The number of rotatable bonds is 2. The Balaban J connectivity index is 1.81. The minimum absolute atomic E-state index is 0.0718. The molecule has 1 saturated heterocycles. The molecule has 0 radical (unpaired) electrons. The van der Waals surface area contributed by atoms with Gasteiger partial charge in [0.2, 0.25) is 0 Å². The summed E-state index contributed by atoms with van der Waals surface area (Å²) < 4.78 is 19.0. The third kappa shape index (κ3) is 1.81. The molecule has 1 saturated carbocycles. The van der Waals surface area contributed by atoms with Crippen molar-refractivity contribution < 1.29 is 9.13 Å². The molecule has 1 N–H and O–H groups in total. The molecule has 1 aromatic carbocycles. The van der Waals surface area contributed by atoms with Gasteiger partial charge in [-0.15, -0.1) is 0 Å². The molecular formula is C15H17FN2O. The molecule has 4 heteroatoms. The van der Waals surface area contributed by atoms with Gasteiger partial charge in [-0.3, -0.25) is 0 Å². The van der Waals surface area contributed by atoms with Crippen molar-refractivity contribution in [2.75, 3.05) is 11.9 Å². The fourth-order valence-electron chi connectivity index (χ4n) is 3.50. The summed E-state index contributed by atoms with van der Waals surface area (Å²) in [6.45, 7) is 5.20. The van der Waals surface area contributed by atoms with Crippen molar-refractivity contribution in [1.82, 2.24) is 0 Å². The summed E-state index contributed by atoms with van der Waals surface area (Å²) in [6.07, 6.45) is 1.39. The van der Waals surface area contributed by atoms with Crippen LogP contribution in [0.15, 0.2) is 18.2 Å². The second-order valence-corrected chi connectivity index (χ2v) is 5.99. The Morgan fingerprint density at radius 2 is 2.26 bits per heavy atom. The lowest BCUT2D eigenvalue weighted by molar-refractivity contribution is -0.0923. The maximum absolute atomic E-state index is 13.3. The van der Waals surface area contributed by atoms with E-state index in [4.69, 9.17) is 10.00 Å². The van der Waals surface area contributed by atoms with Crippen LogP contribution in [0.4, 0.5) is 10.1 Å². The van der Waals surface area contributed by atoms with Crippen LogP contribution in [-0.4, -0.2) is 18.8 Å². The van der Waals surface area contributed by atoms with Gasteiger partial charge in [0, 0.05) is 29.7 Å². The molecule has 100 valence electrons. The van der Waals surface area contributed by atoms with E-state index < -0.39 is 5.82 Å². The van der Waals surface area contributed by atoms with E-state index in [1.54, 1.807) is 12.1 Å². The van der Waals surface area contributed by atoms with Gasteiger partial charge in [0.15, 0.2) is 0 Å². The second kappa shape index (κ2) is 4.21. The standard InChI is InChI=1S/C15H17FN2O/c1-15(2)13(11-5-6-19-14(11)15)18-10-3-4-12(16)9(7-10)8-17/h3-4,7,11,13-14,18H,5-6H2,1-2H3. The van der Waals surface area contributed by atoms with Gasteiger partial charge in [-0.2, -0.15) is 5.26 Å². The molecule has 1 aliphatic heterocycles. The van der Waals surface area contributed by atoms with E-state index in [0.717, 1.165) is 18.7 Å². The van der Waals surface area contributed by atoms with Gasteiger partial charge in [-0.05, 0) is 24.6 Å². The maximum Gasteiger partial charge on any atom is 0.141 e. The molecule has 3 unspecified atom stereocenters. The molecule has 19 heavy (non-hydrogen) atoms. The lowest BCUT2D eigenvalue weighted by atomic mass is 9.57. The van der Waals surface area contributed by atoms with Crippen LogP contribution in [0.3, 0.4) is 0 Å². The number of nitriles is 1. The number of fused-ring (bicyclic) bond motifs is 1. The third-order valence-corrected chi connectivity index (χ3v) is 4.51. The van der Waals surface area contributed by atoms with Gasteiger partial charge in [-0.1, -0.05) is 13.8 Å². The molecule has 2 aliphatic rings. The Morgan fingerprint density at radius 3 is 3.00 bits per heavy atom. The van der Waals surface area contributed by atoms with Crippen LogP contribution >= 0.6 is 0 Å². The van der Waals surface area contributed by atoms with Crippen molar-refractivity contribution in [2.24, 2.45) is 11.3 Å². The van der Waals surface area contributed by atoms with E-state index in [1.165, 1.54) is 6.07 Å². The fraction of sp³-hybridized carbons (Fsp3) is 0.533. The van der Waals surface area contributed by atoms with Gasteiger partial charge in [0.25, 0.3) is 0 Å². The average Bonchev–Trinajstić information content (AvgIpc) is 2.84. The molecule has 3 nitrogen and oxygen atoms in total. The number of hydrogen-bond acceptors (Lipinski definition) is 3. The second-order valence-electron chi connectivity index (χ2n) is 5.99. The molecule has 1 aliphatic carbocycles. The molecule has 0 aromatic heterocycles. The molecule has 1 aromatic rings. The molecule has 3 rings (SSSR count). The molecule has 2 fully saturated rings. The van der Waals surface area contributed by atoms with Gasteiger partial charge >= 0.3 is 0 Å². The minimum Gasteiger partial charge on any atom is -0.381 e. The van der Waals surface area contributed by atoms with E-state index in [1.807, 2.05) is 6.07 Å². The lowest BCUT2D eigenvalue weighted by Crippen LogP contribution is -2.63. The normalized spacial score (nSPS) is 31.2. The number of hydrogen-bond donors (Lipinski definition) is 1. The summed E-state index contributed by atoms with van der Waals surface area (Å²) in [5, 5.41) is 12.3. The maximum atomic E-state index is 13.3. The number of benzene rings is 1. The summed E-state index contributed by atoms with van der Waals surface area (Å²) in [5.41, 5.74) is 0.963. The van der Waals surface area contributed by atoms with Gasteiger partial charge in [0.05, 0.1) is 11.7 Å². The zero-order chi connectivity index (χ0) is 13.6. The average molecular weight is 260 g/mol. The van der Waals surface area contributed by atoms with Crippen LogP contribution in [0.5, 0.6) is 0 Å². The molecule has 1 heterocycles. The van der Waals surface area contributed by atoms with Crippen LogP contribution < -0.4 is 5.32 Å². The highest BCUT2D eigenvalue weighted by Gasteiger charge is 2.59. The minimum atomic E-state index is -0.469. The van der Waals surface area contributed by atoms with Crippen molar-refractivity contribution >= 4 is 5.69 Å². The quantitative estimate of drug-likeness (QED) is 0.889. The van der Waals surface area contributed by atoms with E-state index in [2.05, 4.69) is 19.2 Å². The summed E-state index contributed by atoms with van der Waals surface area (Å²) in [6, 6.07) is 6.80. The Labute approximate surface area is 112 Å². The number of nitrogens with one attached hydrogen (secondary N) is 1. The highest BCUT2D eigenvalue weighted by atomic mass is 19.1. The Bertz CT molecular complexity index is 550.